The Morgan fingerprint density at radius 1 is 1.58 bits per heavy atom. The first-order valence-electron chi connectivity index (χ1n) is 6.31. The Morgan fingerprint density at radius 3 is 2.84 bits per heavy atom. The van der Waals surface area contributed by atoms with Gasteiger partial charge in [0.1, 0.15) is 5.54 Å². The summed E-state index contributed by atoms with van der Waals surface area (Å²) in [5, 5.41) is 10.1. The summed E-state index contributed by atoms with van der Waals surface area (Å²) in [4.78, 5) is 13.6. The van der Waals surface area contributed by atoms with Gasteiger partial charge in [0.2, 0.25) is 0 Å². The lowest BCUT2D eigenvalue weighted by molar-refractivity contribution is -0.149. The number of likely N-dealkylation sites (tertiary alicyclic amines) is 1. The molecule has 2 atom stereocenters. The monoisotopic (exact) mass is 345 g/mol. The number of hydrogen-bond acceptors (Lipinski definition) is 2. The van der Waals surface area contributed by atoms with Crippen LogP contribution in [0.1, 0.15) is 38.3 Å². The van der Waals surface area contributed by atoms with E-state index in [2.05, 4.69) is 15.9 Å². The average Bonchev–Trinajstić information content (AvgIpc) is 2.72. The number of carboxylic acids is 1. The van der Waals surface area contributed by atoms with Crippen LogP contribution in [0.5, 0.6) is 0 Å². The fourth-order valence-corrected chi connectivity index (χ4v) is 3.67. The summed E-state index contributed by atoms with van der Waals surface area (Å²) in [5.41, 5.74) is 0.176. The molecule has 1 aromatic rings. The lowest BCUT2D eigenvalue weighted by Crippen LogP contribution is -2.48. The molecule has 1 aromatic carbocycles. The van der Waals surface area contributed by atoms with Crippen molar-refractivity contribution < 1.29 is 9.90 Å². The quantitative estimate of drug-likeness (QED) is 0.895. The Kier molecular flexibility index (Phi) is 4.23. The van der Waals surface area contributed by atoms with Crippen molar-refractivity contribution >= 4 is 33.5 Å². The Morgan fingerprint density at radius 2 is 2.26 bits per heavy atom. The third-order valence-electron chi connectivity index (χ3n) is 4.04. The number of carbonyl (C=O) groups is 1. The van der Waals surface area contributed by atoms with Gasteiger partial charge in [-0.05, 0) is 50.9 Å². The summed E-state index contributed by atoms with van der Waals surface area (Å²) in [6.07, 6.45) is 1.59. The first kappa shape index (κ1) is 14.8. The van der Waals surface area contributed by atoms with E-state index in [9.17, 15) is 9.90 Å². The fraction of sp³-hybridized carbons (Fsp3) is 0.500. The second-order valence-electron chi connectivity index (χ2n) is 5.22. The highest BCUT2D eigenvalue weighted by molar-refractivity contribution is 9.10. The van der Waals surface area contributed by atoms with Gasteiger partial charge >= 0.3 is 5.97 Å². The second-order valence-corrected chi connectivity index (χ2v) is 6.54. The van der Waals surface area contributed by atoms with E-state index in [1.807, 2.05) is 30.0 Å². The number of carboxylic acid groups (broad SMARTS) is 1. The molecule has 0 aliphatic carbocycles. The highest BCUT2D eigenvalue weighted by atomic mass is 79.9. The maximum absolute atomic E-state index is 11.5. The highest BCUT2D eigenvalue weighted by Crippen LogP contribution is 2.39. The van der Waals surface area contributed by atoms with Crippen molar-refractivity contribution in [2.24, 2.45) is 0 Å². The van der Waals surface area contributed by atoms with Crippen LogP contribution in [0.4, 0.5) is 0 Å². The van der Waals surface area contributed by atoms with Gasteiger partial charge in [0.15, 0.2) is 0 Å². The summed E-state index contributed by atoms with van der Waals surface area (Å²) < 4.78 is 0.927. The third kappa shape index (κ3) is 2.67. The minimum atomic E-state index is -0.796. The van der Waals surface area contributed by atoms with Crippen LogP contribution in [-0.4, -0.2) is 28.1 Å². The molecular weight excluding hydrogens is 330 g/mol. The zero-order valence-corrected chi connectivity index (χ0v) is 13.3. The van der Waals surface area contributed by atoms with E-state index in [4.69, 9.17) is 11.6 Å². The van der Waals surface area contributed by atoms with Crippen molar-refractivity contribution in [3.63, 3.8) is 0 Å². The minimum Gasteiger partial charge on any atom is -0.480 e. The molecule has 3 nitrogen and oxygen atoms in total. The molecule has 1 saturated heterocycles. The number of aliphatic carboxylic acids is 1. The summed E-state index contributed by atoms with van der Waals surface area (Å²) in [5.74, 6) is -0.759. The van der Waals surface area contributed by atoms with Gasteiger partial charge in [-0.2, -0.15) is 0 Å². The fourth-order valence-electron chi connectivity index (χ4n) is 2.84. The molecule has 1 aliphatic rings. The molecule has 1 heterocycles. The van der Waals surface area contributed by atoms with Gasteiger partial charge in [-0.3, -0.25) is 9.69 Å². The molecule has 5 heteroatoms. The van der Waals surface area contributed by atoms with Crippen molar-refractivity contribution in [2.45, 2.75) is 38.3 Å². The first-order chi connectivity index (χ1) is 8.86. The molecule has 0 saturated carbocycles. The van der Waals surface area contributed by atoms with Crippen LogP contribution in [-0.2, 0) is 4.79 Å². The van der Waals surface area contributed by atoms with E-state index in [0.717, 1.165) is 23.0 Å². The molecule has 0 amide bonds. The minimum absolute atomic E-state index is 0.0100. The lowest BCUT2D eigenvalue weighted by Gasteiger charge is -2.36. The number of nitrogens with zero attached hydrogens (tertiary/aromatic N) is 1. The predicted molar refractivity (Wildman–Crippen MR) is 79.5 cm³/mol. The van der Waals surface area contributed by atoms with Crippen LogP contribution in [0.2, 0.25) is 5.02 Å². The first-order valence-corrected chi connectivity index (χ1v) is 7.48. The zero-order chi connectivity index (χ0) is 14.2. The van der Waals surface area contributed by atoms with E-state index in [1.165, 1.54) is 0 Å². The van der Waals surface area contributed by atoms with Crippen molar-refractivity contribution in [3.05, 3.63) is 33.3 Å². The normalized spacial score (nSPS) is 25.5. The standard InChI is InChI=1S/C14H17BrClNO2/c1-9(11-5-4-10(15)8-12(11)16)17-7-3-6-14(17,2)13(18)19/h4-5,8-9H,3,6-7H2,1-2H3,(H,18,19). The molecule has 0 spiro atoms. The van der Waals surface area contributed by atoms with E-state index in [-0.39, 0.29) is 6.04 Å². The van der Waals surface area contributed by atoms with Crippen molar-refractivity contribution in [1.29, 1.82) is 0 Å². The smallest absolute Gasteiger partial charge is 0.323 e. The number of hydrogen-bond donors (Lipinski definition) is 1. The number of halogens is 2. The molecule has 2 rings (SSSR count). The summed E-state index contributed by atoms with van der Waals surface area (Å²) >= 11 is 9.65. The highest BCUT2D eigenvalue weighted by Gasteiger charge is 2.45. The Labute approximate surface area is 126 Å². The molecule has 0 radical (unpaired) electrons. The van der Waals surface area contributed by atoms with E-state index >= 15 is 0 Å². The van der Waals surface area contributed by atoms with Crippen LogP contribution in [0.3, 0.4) is 0 Å². The largest absolute Gasteiger partial charge is 0.480 e. The average molecular weight is 347 g/mol. The summed E-state index contributed by atoms with van der Waals surface area (Å²) in [6, 6.07) is 5.73. The van der Waals surface area contributed by atoms with Crippen molar-refractivity contribution in [2.75, 3.05) is 6.54 Å². The molecule has 2 unspecified atom stereocenters. The van der Waals surface area contributed by atoms with Crippen molar-refractivity contribution in [3.8, 4) is 0 Å². The number of benzene rings is 1. The molecule has 104 valence electrons. The van der Waals surface area contributed by atoms with Crippen molar-refractivity contribution in [1.82, 2.24) is 4.90 Å². The zero-order valence-electron chi connectivity index (χ0n) is 11.0. The van der Waals surface area contributed by atoms with Gasteiger partial charge in [-0.15, -0.1) is 0 Å². The predicted octanol–water partition coefficient (Wildman–Crippen LogP) is 4.10. The van der Waals surface area contributed by atoms with Crippen LogP contribution in [0.15, 0.2) is 22.7 Å². The van der Waals surface area contributed by atoms with Crippen LogP contribution in [0, 0.1) is 0 Å². The lowest BCUT2D eigenvalue weighted by atomic mass is 9.96. The summed E-state index contributed by atoms with van der Waals surface area (Å²) in [7, 11) is 0. The maximum atomic E-state index is 11.5. The Balaban J connectivity index is 2.33. The topological polar surface area (TPSA) is 40.5 Å². The molecule has 0 bridgehead atoms. The van der Waals surface area contributed by atoms with E-state index in [0.29, 0.717) is 11.4 Å². The van der Waals surface area contributed by atoms with Crippen LogP contribution < -0.4 is 0 Å². The van der Waals surface area contributed by atoms with Crippen LogP contribution in [0.25, 0.3) is 0 Å². The molecular formula is C14H17BrClNO2. The maximum Gasteiger partial charge on any atom is 0.323 e. The molecule has 19 heavy (non-hydrogen) atoms. The van der Waals surface area contributed by atoms with Gasteiger partial charge in [0.25, 0.3) is 0 Å². The van der Waals surface area contributed by atoms with E-state index in [1.54, 1.807) is 6.92 Å². The molecule has 1 fully saturated rings. The van der Waals surface area contributed by atoms with Gasteiger partial charge in [-0.1, -0.05) is 33.6 Å². The Bertz CT molecular complexity index is 508. The Hall–Kier alpha value is -0.580. The van der Waals surface area contributed by atoms with Gasteiger partial charge < -0.3 is 5.11 Å². The molecule has 0 aromatic heterocycles. The second kappa shape index (κ2) is 5.43. The molecule has 1 aliphatic heterocycles. The van der Waals surface area contributed by atoms with Crippen LogP contribution >= 0.6 is 27.5 Å². The van der Waals surface area contributed by atoms with E-state index < -0.39 is 11.5 Å². The number of rotatable bonds is 3. The van der Waals surface area contributed by atoms with Gasteiger partial charge in [0, 0.05) is 15.5 Å². The third-order valence-corrected chi connectivity index (χ3v) is 4.86. The molecule has 1 N–H and O–H groups in total. The van der Waals surface area contributed by atoms with Gasteiger partial charge in [-0.25, -0.2) is 0 Å². The summed E-state index contributed by atoms with van der Waals surface area (Å²) in [6.45, 7) is 4.60. The SMILES string of the molecule is CC(c1ccc(Br)cc1Cl)N1CCCC1(C)C(=O)O. The van der Waals surface area contributed by atoms with Gasteiger partial charge in [0.05, 0.1) is 0 Å².